The first-order chi connectivity index (χ1) is 8.67. The lowest BCUT2D eigenvalue weighted by atomic mass is 10.2. The number of nitro benzene ring substituents is 1. The van der Waals surface area contributed by atoms with Crippen molar-refractivity contribution in [1.29, 1.82) is 0 Å². The van der Waals surface area contributed by atoms with Crippen molar-refractivity contribution in [2.45, 2.75) is 32.6 Å². The fourth-order valence-electron chi connectivity index (χ4n) is 1.57. The van der Waals surface area contributed by atoms with Gasteiger partial charge in [0.2, 0.25) is 0 Å². The number of benzene rings is 1. The molecule has 1 rings (SSSR count). The zero-order valence-electron chi connectivity index (χ0n) is 10.5. The van der Waals surface area contributed by atoms with Gasteiger partial charge in [0.25, 0.3) is 5.69 Å². The summed E-state index contributed by atoms with van der Waals surface area (Å²) in [7, 11) is 0. The Labute approximate surface area is 106 Å². The minimum absolute atomic E-state index is 0.0333. The number of nitro groups is 1. The highest BCUT2D eigenvalue weighted by molar-refractivity contribution is 5.55. The van der Waals surface area contributed by atoms with E-state index in [1.165, 1.54) is 18.6 Å². The van der Waals surface area contributed by atoms with Crippen molar-refractivity contribution in [2.24, 2.45) is 5.84 Å². The molecule has 0 aliphatic rings. The Morgan fingerprint density at radius 2 is 2.11 bits per heavy atom. The number of hydrogen-bond donors (Lipinski definition) is 2. The molecule has 1 aromatic rings. The van der Waals surface area contributed by atoms with Gasteiger partial charge in [-0.25, -0.2) is 0 Å². The molecule has 0 saturated heterocycles. The minimum atomic E-state index is -0.467. The summed E-state index contributed by atoms with van der Waals surface area (Å²) in [5.74, 6) is 5.72. The number of hydrazine groups is 1. The molecular weight excluding hydrogens is 234 g/mol. The zero-order chi connectivity index (χ0) is 13.4. The molecule has 0 atom stereocenters. The van der Waals surface area contributed by atoms with Crippen LogP contribution in [0.5, 0.6) is 5.75 Å². The van der Waals surface area contributed by atoms with Crippen LogP contribution >= 0.6 is 0 Å². The summed E-state index contributed by atoms with van der Waals surface area (Å²) in [5.41, 5.74) is 2.82. The summed E-state index contributed by atoms with van der Waals surface area (Å²) in [6.07, 6.45) is 4.39. The molecule has 1 aromatic carbocycles. The number of non-ortho nitro benzene ring substituents is 1. The smallest absolute Gasteiger partial charge is 0.275 e. The molecule has 0 fully saturated rings. The molecule has 0 radical (unpaired) electrons. The maximum atomic E-state index is 10.7. The molecule has 0 saturated carbocycles. The third kappa shape index (κ3) is 4.58. The van der Waals surface area contributed by atoms with Gasteiger partial charge in [-0.3, -0.25) is 16.0 Å². The number of nitrogens with two attached hydrogens (primary N) is 1. The van der Waals surface area contributed by atoms with Crippen LogP contribution in [0.25, 0.3) is 0 Å². The molecule has 100 valence electrons. The van der Waals surface area contributed by atoms with Gasteiger partial charge in [-0.05, 0) is 6.42 Å². The molecule has 0 spiro atoms. The van der Waals surface area contributed by atoms with Crippen molar-refractivity contribution in [3.05, 3.63) is 28.3 Å². The van der Waals surface area contributed by atoms with Crippen molar-refractivity contribution in [3.63, 3.8) is 0 Å². The molecular formula is C12H19N3O3. The van der Waals surface area contributed by atoms with E-state index in [1.807, 2.05) is 0 Å². The highest BCUT2D eigenvalue weighted by Gasteiger charge is 2.10. The Morgan fingerprint density at radius 1 is 1.33 bits per heavy atom. The normalized spacial score (nSPS) is 10.1. The van der Waals surface area contributed by atoms with Crippen molar-refractivity contribution in [1.82, 2.24) is 0 Å². The minimum Gasteiger partial charge on any atom is -0.493 e. The van der Waals surface area contributed by atoms with Crippen molar-refractivity contribution in [3.8, 4) is 5.75 Å². The van der Waals surface area contributed by atoms with Gasteiger partial charge in [0.1, 0.15) is 5.75 Å². The van der Waals surface area contributed by atoms with E-state index in [-0.39, 0.29) is 5.69 Å². The number of unbranched alkanes of at least 4 members (excludes halogenated alkanes) is 3. The van der Waals surface area contributed by atoms with Crippen molar-refractivity contribution < 1.29 is 9.66 Å². The number of nitrogen functional groups attached to an aromatic ring is 1. The average molecular weight is 253 g/mol. The first-order valence-corrected chi connectivity index (χ1v) is 6.06. The van der Waals surface area contributed by atoms with Crippen LogP contribution in [0, 0.1) is 10.1 Å². The topological polar surface area (TPSA) is 90.4 Å². The molecule has 3 N–H and O–H groups in total. The largest absolute Gasteiger partial charge is 0.493 e. The van der Waals surface area contributed by atoms with Crippen molar-refractivity contribution in [2.75, 3.05) is 12.0 Å². The summed E-state index contributed by atoms with van der Waals surface area (Å²) < 4.78 is 5.49. The molecule has 0 aromatic heterocycles. The molecule has 0 amide bonds. The van der Waals surface area contributed by atoms with E-state index in [0.29, 0.717) is 18.0 Å². The lowest BCUT2D eigenvalue weighted by molar-refractivity contribution is -0.384. The Kier molecular flexibility index (Phi) is 5.93. The van der Waals surface area contributed by atoms with E-state index in [2.05, 4.69) is 12.3 Å². The van der Waals surface area contributed by atoms with E-state index < -0.39 is 4.92 Å². The highest BCUT2D eigenvalue weighted by Crippen LogP contribution is 2.25. The molecule has 6 nitrogen and oxygen atoms in total. The number of ether oxygens (including phenoxy) is 1. The van der Waals surface area contributed by atoms with Gasteiger partial charge in [-0.1, -0.05) is 26.2 Å². The summed E-state index contributed by atoms with van der Waals surface area (Å²) in [6.45, 7) is 2.70. The number of hydrogen-bond acceptors (Lipinski definition) is 5. The monoisotopic (exact) mass is 253 g/mol. The van der Waals surface area contributed by atoms with Gasteiger partial charge in [-0.15, -0.1) is 0 Å². The first kappa shape index (κ1) is 14.2. The summed E-state index contributed by atoms with van der Waals surface area (Å²) in [5, 5.41) is 10.7. The third-order valence-corrected chi connectivity index (χ3v) is 2.54. The summed E-state index contributed by atoms with van der Waals surface area (Å²) in [4.78, 5) is 10.3. The van der Waals surface area contributed by atoms with Gasteiger partial charge in [0.15, 0.2) is 0 Å². The van der Waals surface area contributed by atoms with Crippen LogP contribution in [0.4, 0.5) is 11.4 Å². The standard InChI is InChI=1S/C12H19N3O3/c1-2-3-4-5-6-18-12-8-10(14-13)7-11(9-12)15(16)17/h7-9,14H,2-6,13H2,1H3. The van der Waals surface area contributed by atoms with E-state index >= 15 is 0 Å². The number of anilines is 1. The van der Waals surface area contributed by atoms with Crippen LogP contribution in [-0.4, -0.2) is 11.5 Å². The number of rotatable bonds is 8. The third-order valence-electron chi connectivity index (χ3n) is 2.54. The summed E-state index contributed by atoms with van der Waals surface area (Å²) >= 11 is 0. The Bertz CT molecular complexity index is 396. The van der Waals surface area contributed by atoms with Gasteiger partial charge in [0.05, 0.1) is 23.3 Å². The lowest BCUT2D eigenvalue weighted by Gasteiger charge is -2.08. The van der Waals surface area contributed by atoms with Crippen LogP contribution in [-0.2, 0) is 0 Å². The van der Waals surface area contributed by atoms with E-state index in [4.69, 9.17) is 10.6 Å². The molecule has 0 unspecified atom stereocenters. The van der Waals surface area contributed by atoms with Crippen LogP contribution in [0.1, 0.15) is 32.6 Å². The lowest BCUT2D eigenvalue weighted by Crippen LogP contribution is -2.07. The summed E-state index contributed by atoms with van der Waals surface area (Å²) in [6, 6.07) is 4.41. The fourth-order valence-corrected chi connectivity index (χ4v) is 1.57. The quantitative estimate of drug-likeness (QED) is 0.322. The average Bonchev–Trinajstić information content (AvgIpc) is 2.38. The molecule has 18 heavy (non-hydrogen) atoms. The van der Waals surface area contributed by atoms with Crippen LogP contribution in [0.2, 0.25) is 0 Å². The van der Waals surface area contributed by atoms with Crippen molar-refractivity contribution >= 4 is 11.4 Å². The Hall–Kier alpha value is -1.82. The second kappa shape index (κ2) is 7.50. The molecule has 0 bridgehead atoms. The molecule has 0 aliphatic heterocycles. The second-order valence-corrected chi connectivity index (χ2v) is 4.03. The van der Waals surface area contributed by atoms with E-state index in [9.17, 15) is 10.1 Å². The molecule has 0 heterocycles. The fraction of sp³-hybridized carbons (Fsp3) is 0.500. The van der Waals surface area contributed by atoms with Gasteiger partial charge >= 0.3 is 0 Å². The maximum absolute atomic E-state index is 10.7. The Balaban J connectivity index is 2.58. The first-order valence-electron chi connectivity index (χ1n) is 6.06. The van der Waals surface area contributed by atoms with E-state index in [1.54, 1.807) is 6.07 Å². The van der Waals surface area contributed by atoms with Crippen LogP contribution in [0.15, 0.2) is 18.2 Å². The molecule has 0 aliphatic carbocycles. The van der Waals surface area contributed by atoms with Gasteiger partial charge in [0, 0.05) is 12.1 Å². The van der Waals surface area contributed by atoms with Crippen LogP contribution in [0.3, 0.4) is 0 Å². The van der Waals surface area contributed by atoms with Gasteiger partial charge in [-0.2, -0.15) is 0 Å². The predicted molar refractivity (Wildman–Crippen MR) is 70.5 cm³/mol. The maximum Gasteiger partial charge on any atom is 0.275 e. The SMILES string of the molecule is CCCCCCOc1cc(NN)cc([N+](=O)[O-])c1. The number of nitrogens with one attached hydrogen (secondary N) is 1. The second-order valence-electron chi connectivity index (χ2n) is 4.03. The van der Waals surface area contributed by atoms with Gasteiger partial charge < -0.3 is 10.2 Å². The van der Waals surface area contributed by atoms with Crippen LogP contribution < -0.4 is 16.0 Å². The van der Waals surface area contributed by atoms with E-state index in [0.717, 1.165) is 19.3 Å². The Morgan fingerprint density at radius 3 is 2.72 bits per heavy atom. The highest BCUT2D eigenvalue weighted by atomic mass is 16.6. The predicted octanol–water partition coefficient (Wildman–Crippen LogP) is 2.84. The number of nitrogens with zero attached hydrogens (tertiary/aromatic N) is 1. The zero-order valence-corrected chi connectivity index (χ0v) is 10.5. The molecule has 6 heteroatoms.